The number of fused-ring (bicyclic) bond motifs is 5. The summed E-state index contributed by atoms with van der Waals surface area (Å²) in [4.78, 5) is 27.1. The van der Waals surface area contributed by atoms with Crippen molar-refractivity contribution in [3.63, 3.8) is 0 Å². The van der Waals surface area contributed by atoms with Crippen molar-refractivity contribution >= 4 is 17.7 Å². The lowest BCUT2D eigenvalue weighted by Crippen LogP contribution is -2.25. The van der Waals surface area contributed by atoms with E-state index in [1.54, 1.807) is 0 Å². The second-order valence-electron chi connectivity index (χ2n) is 11.6. The number of rotatable bonds is 4. The Labute approximate surface area is 239 Å². The Morgan fingerprint density at radius 3 is 1.93 bits per heavy atom. The molecular weight excluding hydrogens is 512 g/mol. The van der Waals surface area contributed by atoms with Crippen LogP contribution in [0, 0.1) is 41.4 Å². The summed E-state index contributed by atoms with van der Waals surface area (Å²) in [6.07, 6.45) is 2.24. The lowest BCUT2D eigenvalue weighted by Gasteiger charge is -2.20. The molecule has 5 aliphatic rings. The van der Waals surface area contributed by atoms with E-state index in [4.69, 9.17) is 24.4 Å². The average molecular weight is 543 g/mol. The van der Waals surface area contributed by atoms with E-state index in [1.807, 2.05) is 48.5 Å². The third-order valence-electron chi connectivity index (χ3n) is 9.36. The monoisotopic (exact) mass is 542 g/mol. The molecule has 3 aliphatic heterocycles. The van der Waals surface area contributed by atoms with Gasteiger partial charge in [0.2, 0.25) is 17.7 Å². The second-order valence-corrected chi connectivity index (χ2v) is 11.6. The molecule has 2 saturated carbocycles. The van der Waals surface area contributed by atoms with Gasteiger partial charge in [0.25, 0.3) is 0 Å². The van der Waals surface area contributed by atoms with E-state index in [-0.39, 0.29) is 29.8 Å². The van der Waals surface area contributed by atoms with Crippen LogP contribution in [0.5, 0.6) is 0 Å². The third-order valence-corrected chi connectivity index (χ3v) is 9.36. The Morgan fingerprint density at radius 2 is 1.34 bits per heavy atom. The smallest absolute Gasteiger partial charge is 0.236 e. The number of carbonyl (C=O) groups excluding carboxylic acids is 1. The molecule has 7 nitrogen and oxygen atoms in total. The van der Waals surface area contributed by atoms with Gasteiger partial charge < -0.3 is 14.8 Å². The van der Waals surface area contributed by atoms with E-state index < -0.39 is 0 Å². The molecule has 2 bridgehead atoms. The number of aromatic nitrogens is 1. The van der Waals surface area contributed by atoms with Gasteiger partial charge in [0.15, 0.2) is 0 Å². The molecule has 2 aliphatic carbocycles. The summed E-state index contributed by atoms with van der Waals surface area (Å²) in [5, 5.41) is 3.08. The van der Waals surface area contributed by atoms with Crippen molar-refractivity contribution in [3.8, 4) is 11.8 Å². The highest BCUT2D eigenvalue weighted by atomic mass is 16.5. The summed E-state index contributed by atoms with van der Waals surface area (Å²) in [5.41, 5.74) is 4.31. The number of nitrogens with zero attached hydrogens (tertiary/aromatic N) is 3. The van der Waals surface area contributed by atoms with Crippen LogP contribution in [0.15, 0.2) is 82.8 Å². The van der Waals surface area contributed by atoms with Crippen molar-refractivity contribution in [2.75, 3.05) is 19.8 Å². The quantitative estimate of drug-likeness (QED) is 0.493. The molecule has 0 radical (unpaired) electrons. The highest BCUT2D eigenvalue weighted by Gasteiger charge is 2.58. The molecule has 0 spiro atoms. The van der Waals surface area contributed by atoms with Crippen molar-refractivity contribution in [2.45, 2.75) is 24.9 Å². The van der Waals surface area contributed by atoms with Crippen LogP contribution in [0.4, 0.5) is 0 Å². The number of amides is 1. The van der Waals surface area contributed by atoms with Gasteiger partial charge >= 0.3 is 0 Å². The number of pyridine rings is 1. The van der Waals surface area contributed by atoms with Crippen LogP contribution in [0.2, 0.25) is 0 Å². The number of nitrogens with one attached hydrogen (secondary N) is 1. The van der Waals surface area contributed by atoms with Crippen LogP contribution in [-0.2, 0) is 14.3 Å². The maximum atomic E-state index is 12.5. The van der Waals surface area contributed by atoms with Gasteiger partial charge in [-0.1, -0.05) is 72.5 Å². The molecule has 3 fully saturated rings. The first-order chi connectivity index (χ1) is 20.2. The molecule has 8 rings (SSSR count). The molecule has 0 unspecified atom stereocenters. The van der Waals surface area contributed by atoms with Crippen molar-refractivity contribution in [3.05, 3.63) is 101 Å². The van der Waals surface area contributed by atoms with E-state index in [9.17, 15) is 4.79 Å². The topological polar surface area (TPSA) is 85.2 Å². The molecule has 3 aromatic rings. The highest BCUT2D eigenvalue weighted by molar-refractivity contribution is 5.98. The van der Waals surface area contributed by atoms with Crippen LogP contribution >= 0.6 is 0 Å². The predicted octanol–water partition coefficient (Wildman–Crippen LogP) is 4.49. The first kappa shape index (κ1) is 24.4. The van der Waals surface area contributed by atoms with E-state index >= 15 is 0 Å². The fraction of sp³-hybridized carbons (Fsp3) is 0.353. The van der Waals surface area contributed by atoms with Crippen LogP contribution in [-0.4, -0.2) is 42.4 Å². The molecular formula is C34H30N4O3. The maximum absolute atomic E-state index is 12.5. The van der Waals surface area contributed by atoms with Gasteiger partial charge in [0.05, 0.1) is 0 Å². The Balaban J connectivity index is 1.14. The van der Waals surface area contributed by atoms with Gasteiger partial charge in [-0.25, -0.2) is 15.0 Å². The molecule has 2 aromatic carbocycles. The summed E-state index contributed by atoms with van der Waals surface area (Å²) in [6, 6.07) is 24.1. The third kappa shape index (κ3) is 4.30. The zero-order chi connectivity index (χ0) is 27.3. The Hall–Kier alpha value is -4.44. The molecule has 7 atom stereocenters. The fourth-order valence-corrected chi connectivity index (χ4v) is 7.45. The van der Waals surface area contributed by atoms with Gasteiger partial charge in [-0.2, -0.15) is 0 Å². The van der Waals surface area contributed by atoms with Crippen molar-refractivity contribution in [2.24, 2.45) is 39.6 Å². The van der Waals surface area contributed by atoms with E-state index in [1.165, 1.54) is 0 Å². The van der Waals surface area contributed by atoms with Crippen molar-refractivity contribution in [1.29, 1.82) is 0 Å². The van der Waals surface area contributed by atoms with Gasteiger partial charge in [-0.3, -0.25) is 4.79 Å². The number of ether oxygens (including phenoxy) is 2. The van der Waals surface area contributed by atoms with Crippen LogP contribution < -0.4 is 5.32 Å². The van der Waals surface area contributed by atoms with Gasteiger partial charge in [0, 0.05) is 23.9 Å². The molecule has 41 heavy (non-hydrogen) atoms. The molecule has 1 saturated heterocycles. The summed E-state index contributed by atoms with van der Waals surface area (Å²) < 4.78 is 12.1. The number of hydrogen-bond donors (Lipinski definition) is 1. The van der Waals surface area contributed by atoms with E-state index in [0.29, 0.717) is 54.2 Å². The summed E-state index contributed by atoms with van der Waals surface area (Å²) in [6.45, 7) is 1.73. The van der Waals surface area contributed by atoms with E-state index in [0.717, 1.165) is 36.1 Å². The number of benzene rings is 2. The molecule has 204 valence electrons. The zero-order valence-corrected chi connectivity index (χ0v) is 22.6. The van der Waals surface area contributed by atoms with Crippen molar-refractivity contribution < 1.29 is 14.3 Å². The number of carbonyl (C=O) groups is 1. The molecule has 1 aromatic heterocycles. The molecule has 1 N–H and O–H groups in total. The first-order valence-corrected chi connectivity index (χ1v) is 14.5. The van der Waals surface area contributed by atoms with E-state index in [2.05, 4.69) is 41.4 Å². The van der Waals surface area contributed by atoms with Gasteiger partial charge in [0.1, 0.15) is 36.7 Å². The average Bonchev–Trinajstić information content (AvgIpc) is 3.85. The standard InChI is InChI=1S/C34H30N4O3/c39-32-31-25-14-13-24(26(31)17-35-32)23(25)12-11-20-15-27(33-37-29(18-40-33)21-7-3-1-4-8-21)36-28(16-20)34-38-30(19-41-34)22-9-5-2-6-10-22/h1-10,15-16,23-26,29-31H,13-14,17-19H2,(H,35,39)/t23-,24-,25+,26+,29-,30-,31-/m1/s1. The minimum absolute atomic E-state index is 0.0756. The Bertz CT molecular complexity index is 1540. The summed E-state index contributed by atoms with van der Waals surface area (Å²) >= 11 is 0. The summed E-state index contributed by atoms with van der Waals surface area (Å²) in [5.74, 6) is 9.94. The number of hydrogen-bond acceptors (Lipinski definition) is 6. The molecule has 7 heteroatoms. The maximum Gasteiger partial charge on any atom is 0.236 e. The minimum Gasteiger partial charge on any atom is -0.474 e. The zero-order valence-electron chi connectivity index (χ0n) is 22.6. The molecule has 1 amide bonds. The predicted molar refractivity (Wildman–Crippen MR) is 154 cm³/mol. The van der Waals surface area contributed by atoms with Gasteiger partial charge in [-0.15, -0.1) is 0 Å². The van der Waals surface area contributed by atoms with Gasteiger partial charge in [-0.05, 0) is 53.9 Å². The number of aliphatic imine (C=N–C) groups is 2. The van der Waals surface area contributed by atoms with Crippen LogP contribution in [0.1, 0.15) is 53.0 Å². The largest absolute Gasteiger partial charge is 0.474 e. The lowest BCUT2D eigenvalue weighted by molar-refractivity contribution is -0.124. The Kier molecular flexibility index (Phi) is 5.87. The SMILES string of the molecule is O=C1NC[C@H]2[C@@H]3CC[C@@H]([C@@H]3C#Cc3cc(C4=N[C@@H](c5ccccc5)CO4)nc(C4=N[C@@H](c5ccccc5)CO4)c3)[C@@H]12. The van der Waals surface area contributed by atoms with Crippen molar-refractivity contribution in [1.82, 2.24) is 10.3 Å². The first-order valence-electron chi connectivity index (χ1n) is 14.5. The summed E-state index contributed by atoms with van der Waals surface area (Å²) in [7, 11) is 0. The molecule has 4 heterocycles. The fourth-order valence-electron chi connectivity index (χ4n) is 7.45. The minimum atomic E-state index is -0.0756. The second kappa shape index (κ2) is 9.88. The Morgan fingerprint density at radius 1 is 0.756 bits per heavy atom. The highest BCUT2D eigenvalue weighted by Crippen LogP contribution is 2.57. The lowest BCUT2D eigenvalue weighted by atomic mass is 9.81. The normalized spacial score (nSPS) is 30.9. The van der Waals surface area contributed by atoms with Crippen LogP contribution in [0.25, 0.3) is 0 Å². The van der Waals surface area contributed by atoms with Crippen LogP contribution in [0.3, 0.4) is 0 Å².